The Balaban J connectivity index is 1.61. The number of fused-ring (bicyclic) bond motifs is 1. The van der Waals surface area contributed by atoms with E-state index in [1.807, 2.05) is 15.8 Å². The largest absolute Gasteiger partial charge is 0.336 e. The van der Waals surface area contributed by atoms with Gasteiger partial charge >= 0.3 is 0 Å². The summed E-state index contributed by atoms with van der Waals surface area (Å²) in [6.45, 7) is 1.34. The van der Waals surface area contributed by atoms with Gasteiger partial charge in [0.1, 0.15) is 5.52 Å². The van der Waals surface area contributed by atoms with Crippen molar-refractivity contribution in [2.75, 3.05) is 13.1 Å². The quantitative estimate of drug-likeness (QED) is 0.735. The van der Waals surface area contributed by atoms with Crippen LogP contribution < -0.4 is 0 Å². The predicted octanol–water partition coefficient (Wildman–Crippen LogP) is 0.422. The Morgan fingerprint density at radius 2 is 2.27 bits per heavy atom. The fraction of sp³-hybridized carbons (Fsp3) is 0.385. The Morgan fingerprint density at radius 3 is 3.14 bits per heavy atom. The third-order valence-electron chi connectivity index (χ3n) is 3.95. The molecule has 9 heteroatoms. The van der Waals surface area contributed by atoms with Gasteiger partial charge in [-0.3, -0.25) is 4.79 Å². The molecule has 1 saturated heterocycles. The van der Waals surface area contributed by atoms with Crippen LogP contribution in [0, 0.1) is 0 Å². The van der Waals surface area contributed by atoms with Crippen molar-refractivity contribution in [2.45, 2.75) is 18.9 Å². The number of piperidine rings is 1. The number of carbonyl (C=O) groups excluding carboxylic acids is 1. The van der Waals surface area contributed by atoms with E-state index in [9.17, 15) is 4.79 Å². The van der Waals surface area contributed by atoms with Gasteiger partial charge in [0.15, 0.2) is 0 Å². The minimum Gasteiger partial charge on any atom is -0.336 e. The van der Waals surface area contributed by atoms with E-state index in [2.05, 4.69) is 30.7 Å². The monoisotopic (exact) mass is 298 g/mol. The molecule has 1 fully saturated rings. The highest BCUT2D eigenvalue weighted by Crippen LogP contribution is 2.23. The standard InChI is InChI=1S/C13H14N8O/c22-13(10-3-4-14-12-11(10)16-18-17-12)20-6-1-2-9(8-20)21-7-5-15-19-21/h3-5,7,9H,1-2,6,8H2,(H,14,16,17,18). The van der Waals surface area contributed by atoms with Gasteiger partial charge in [-0.25, -0.2) is 9.67 Å². The van der Waals surface area contributed by atoms with E-state index in [-0.39, 0.29) is 11.9 Å². The molecular formula is C13H14N8O. The normalized spacial score (nSPS) is 18.7. The summed E-state index contributed by atoms with van der Waals surface area (Å²) in [6, 6.07) is 1.85. The lowest BCUT2D eigenvalue weighted by Gasteiger charge is -2.32. The van der Waals surface area contributed by atoms with Crippen LogP contribution in [0.2, 0.25) is 0 Å². The van der Waals surface area contributed by atoms with E-state index in [0.717, 1.165) is 19.4 Å². The van der Waals surface area contributed by atoms with Crippen molar-refractivity contribution in [1.29, 1.82) is 0 Å². The Labute approximate surface area is 125 Å². The number of rotatable bonds is 2. The average Bonchev–Trinajstić information content (AvgIpc) is 3.25. The number of aromatic nitrogens is 7. The van der Waals surface area contributed by atoms with Gasteiger partial charge < -0.3 is 4.90 Å². The molecule has 1 amide bonds. The zero-order chi connectivity index (χ0) is 14.9. The number of aromatic amines is 1. The summed E-state index contributed by atoms with van der Waals surface area (Å²) in [7, 11) is 0. The second-order valence-corrected chi connectivity index (χ2v) is 5.28. The lowest BCUT2D eigenvalue weighted by atomic mass is 10.0. The molecule has 3 aromatic rings. The summed E-state index contributed by atoms with van der Waals surface area (Å²) in [6.07, 6.45) is 6.99. The number of nitrogens with one attached hydrogen (secondary N) is 1. The van der Waals surface area contributed by atoms with Crippen LogP contribution in [0.5, 0.6) is 0 Å². The maximum atomic E-state index is 12.8. The van der Waals surface area contributed by atoms with Gasteiger partial charge in [0.2, 0.25) is 5.65 Å². The van der Waals surface area contributed by atoms with Crippen molar-refractivity contribution in [2.24, 2.45) is 0 Å². The van der Waals surface area contributed by atoms with E-state index >= 15 is 0 Å². The van der Waals surface area contributed by atoms with Crippen LogP contribution in [0.25, 0.3) is 11.2 Å². The van der Waals surface area contributed by atoms with E-state index in [4.69, 9.17) is 0 Å². The summed E-state index contributed by atoms with van der Waals surface area (Å²) < 4.78 is 1.82. The van der Waals surface area contributed by atoms with Crippen LogP contribution in [-0.4, -0.2) is 59.3 Å². The SMILES string of the molecule is O=C(c1ccnc2n[nH]nc12)N1CCCC(n2ccnn2)C1. The Bertz CT molecular complexity index is 795. The van der Waals surface area contributed by atoms with E-state index in [1.165, 1.54) is 0 Å². The molecule has 4 heterocycles. The third kappa shape index (κ3) is 2.10. The van der Waals surface area contributed by atoms with Gasteiger partial charge in [-0.1, -0.05) is 5.21 Å². The zero-order valence-corrected chi connectivity index (χ0v) is 11.8. The second-order valence-electron chi connectivity index (χ2n) is 5.28. The summed E-state index contributed by atoms with van der Waals surface area (Å²) in [5.41, 5.74) is 1.49. The number of likely N-dealkylation sites (tertiary alicyclic amines) is 1. The molecule has 1 aliphatic heterocycles. The minimum absolute atomic E-state index is 0.0499. The van der Waals surface area contributed by atoms with Crippen LogP contribution in [0.15, 0.2) is 24.7 Å². The maximum absolute atomic E-state index is 12.8. The molecule has 0 aliphatic carbocycles. The van der Waals surface area contributed by atoms with E-state index in [0.29, 0.717) is 23.3 Å². The number of amides is 1. The fourth-order valence-electron chi connectivity index (χ4n) is 2.87. The van der Waals surface area contributed by atoms with Crippen LogP contribution in [0.3, 0.4) is 0 Å². The van der Waals surface area contributed by atoms with Crippen molar-refractivity contribution in [3.8, 4) is 0 Å². The van der Waals surface area contributed by atoms with Gasteiger partial charge in [-0.2, -0.15) is 10.3 Å². The lowest BCUT2D eigenvalue weighted by Crippen LogP contribution is -2.41. The molecule has 4 rings (SSSR count). The second kappa shape index (κ2) is 5.17. The predicted molar refractivity (Wildman–Crippen MR) is 75.9 cm³/mol. The minimum atomic E-state index is -0.0499. The van der Waals surface area contributed by atoms with Crippen LogP contribution >= 0.6 is 0 Å². The first-order valence-electron chi connectivity index (χ1n) is 7.13. The molecular weight excluding hydrogens is 284 g/mol. The summed E-state index contributed by atoms with van der Waals surface area (Å²) in [5, 5.41) is 18.3. The number of H-pyrrole nitrogens is 1. The molecule has 1 N–H and O–H groups in total. The van der Waals surface area contributed by atoms with Gasteiger partial charge in [0.05, 0.1) is 17.8 Å². The van der Waals surface area contributed by atoms with Gasteiger partial charge in [-0.05, 0) is 18.9 Å². The number of hydrogen-bond donors (Lipinski definition) is 1. The zero-order valence-electron chi connectivity index (χ0n) is 11.8. The molecule has 3 aromatic heterocycles. The molecule has 22 heavy (non-hydrogen) atoms. The molecule has 1 unspecified atom stereocenters. The molecule has 0 radical (unpaired) electrons. The molecule has 1 aliphatic rings. The van der Waals surface area contributed by atoms with Crippen LogP contribution in [0.4, 0.5) is 0 Å². The first-order chi connectivity index (χ1) is 10.8. The molecule has 112 valence electrons. The highest BCUT2D eigenvalue weighted by Gasteiger charge is 2.27. The molecule has 9 nitrogen and oxygen atoms in total. The van der Waals surface area contributed by atoms with E-state index in [1.54, 1.807) is 18.5 Å². The van der Waals surface area contributed by atoms with Crippen molar-refractivity contribution >= 4 is 17.1 Å². The number of hydrogen-bond acceptors (Lipinski definition) is 6. The fourth-order valence-corrected chi connectivity index (χ4v) is 2.87. The number of carbonyl (C=O) groups is 1. The summed E-state index contributed by atoms with van der Waals surface area (Å²) in [4.78, 5) is 18.7. The van der Waals surface area contributed by atoms with Gasteiger partial charge in [-0.15, -0.1) is 10.2 Å². The van der Waals surface area contributed by atoms with Crippen molar-refractivity contribution < 1.29 is 4.79 Å². The molecule has 0 saturated carbocycles. The molecule has 0 bridgehead atoms. The topological polar surface area (TPSA) is 105 Å². The first-order valence-corrected chi connectivity index (χ1v) is 7.13. The molecule has 0 spiro atoms. The van der Waals surface area contributed by atoms with Crippen molar-refractivity contribution in [3.05, 3.63) is 30.2 Å². The van der Waals surface area contributed by atoms with Crippen molar-refractivity contribution in [3.63, 3.8) is 0 Å². The molecule has 0 aromatic carbocycles. The van der Waals surface area contributed by atoms with E-state index < -0.39 is 0 Å². The summed E-state index contributed by atoms with van der Waals surface area (Å²) >= 11 is 0. The smallest absolute Gasteiger partial charge is 0.256 e. The Hall–Kier alpha value is -2.84. The van der Waals surface area contributed by atoms with Gasteiger partial charge in [0, 0.05) is 25.5 Å². The third-order valence-corrected chi connectivity index (χ3v) is 3.95. The maximum Gasteiger partial charge on any atom is 0.256 e. The van der Waals surface area contributed by atoms with Crippen LogP contribution in [-0.2, 0) is 0 Å². The highest BCUT2D eigenvalue weighted by atomic mass is 16.2. The Morgan fingerprint density at radius 1 is 1.32 bits per heavy atom. The van der Waals surface area contributed by atoms with Crippen molar-refractivity contribution in [1.82, 2.24) is 40.3 Å². The highest BCUT2D eigenvalue weighted by molar-refractivity contribution is 6.03. The first kappa shape index (κ1) is 12.9. The van der Waals surface area contributed by atoms with Gasteiger partial charge in [0.25, 0.3) is 5.91 Å². The molecule has 1 atom stereocenters. The number of pyridine rings is 1. The van der Waals surface area contributed by atoms with Crippen LogP contribution in [0.1, 0.15) is 29.2 Å². The number of nitrogens with zero attached hydrogens (tertiary/aromatic N) is 7. The lowest BCUT2D eigenvalue weighted by molar-refractivity contribution is 0.0673. The Kier molecular flexibility index (Phi) is 3.02. The average molecular weight is 298 g/mol. The summed E-state index contributed by atoms with van der Waals surface area (Å²) in [5.74, 6) is -0.0499.